The molecule has 2 aromatic rings. The zero-order valence-corrected chi connectivity index (χ0v) is 32.1. The number of rotatable bonds is 5. The van der Waals surface area contributed by atoms with Crippen LogP contribution in [0.4, 0.5) is 14.5 Å². The first-order valence-corrected chi connectivity index (χ1v) is 20.6. The lowest BCUT2D eigenvalue weighted by Crippen LogP contribution is -2.58. The van der Waals surface area contributed by atoms with Gasteiger partial charge in [-0.15, -0.1) is 0 Å². The number of anilines is 1. The zero-order chi connectivity index (χ0) is 37.0. The quantitative estimate of drug-likeness (QED) is 0.351. The molecule has 1 N–H and O–H groups in total. The van der Waals surface area contributed by atoms with Gasteiger partial charge in [0.15, 0.2) is 0 Å². The molecule has 1 saturated carbocycles. The number of sulfonamides is 1. The summed E-state index contributed by atoms with van der Waals surface area (Å²) in [5.74, 6) is 0.111. The second-order valence-electron chi connectivity index (χ2n) is 15.2. The van der Waals surface area contributed by atoms with Crippen LogP contribution < -0.4 is 14.4 Å². The van der Waals surface area contributed by atoms with Crippen molar-refractivity contribution < 1.29 is 31.5 Å². The second-order valence-corrected chi connectivity index (χ2v) is 17.6. The van der Waals surface area contributed by atoms with Crippen molar-refractivity contribution in [2.24, 2.45) is 17.8 Å². The van der Waals surface area contributed by atoms with Gasteiger partial charge in [0.05, 0.1) is 17.5 Å². The molecule has 9 nitrogen and oxygen atoms in total. The molecule has 5 atom stereocenters. The number of carbonyl (C=O) groups excluding carboxylic acids is 1. The number of piperazine rings is 1. The molecule has 4 aliphatic rings. The van der Waals surface area contributed by atoms with Crippen LogP contribution in [0.5, 0.6) is 5.75 Å². The van der Waals surface area contributed by atoms with Crippen LogP contribution in [0.15, 0.2) is 48.6 Å². The Bertz CT molecular complexity index is 1710. The van der Waals surface area contributed by atoms with E-state index < -0.39 is 33.2 Å². The lowest BCUT2D eigenvalue weighted by Gasteiger charge is -2.52. The molecule has 1 amide bonds. The Labute approximate surface area is 312 Å². The number of hydrogen-bond acceptors (Lipinski definition) is 8. The number of methoxy groups -OCH3 is 1. The number of nitrogens with zero attached hydrogens (tertiary/aromatic N) is 3. The largest absolute Gasteiger partial charge is 0.487 e. The highest BCUT2D eigenvalue weighted by Gasteiger charge is 2.48. The van der Waals surface area contributed by atoms with Crippen molar-refractivity contribution in [2.75, 3.05) is 64.4 Å². The summed E-state index contributed by atoms with van der Waals surface area (Å²) < 4.78 is 68.7. The predicted octanol–water partition coefficient (Wildman–Crippen LogP) is 6.40. The van der Waals surface area contributed by atoms with Crippen molar-refractivity contribution in [3.63, 3.8) is 0 Å². The third-order valence-electron chi connectivity index (χ3n) is 11.9. The van der Waals surface area contributed by atoms with Crippen LogP contribution in [0.25, 0.3) is 0 Å². The number of fused-ring (bicyclic) bond motifs is 3. The highest BCUT2D eigenvalue weighted by atomic mass is 35.5. The van der Waals surface area contributed by atoms with Gasteiger partial charge in [0.1, 0.15) is 18.0 Å². The molecule has 52 heavy (non-hydrogen) atoms. The molecular weight excluding hydrogens is 710 g/mol. The number of benzene rings is 2. The first kappa shape index (κ1) is 38.9. The molecule has 286 valence electrons. The highest BCUT2D eigenvalue weighted by molar-refractivity contribution is 7.90. The van der Waals surface area contributed by atoms with Gasteiger partial charge in [0, 0.05) is 63.5 Å². The van der Waals surface area contributed by atoms with Gasteiger partial charge < -0.3 is 14.4 Å². The molecule has 2 fully saturated rings. The fourth-order valence-electron chi connectivity index (χ4n) is 8.31. The highest BCUT2D eigenvalue weighted by Crippen LogP contribution is 2.47. The van der Waals surface area contributed by atoms with E-state index in [4.69, 9.17) is 21.1 Å². The summed E-state index contributed by atoms with van der Waals surface area (Å²) in [6.07, 6.45) is 6.97. The molecule has 1 aliphatic carbocycles. The maximum Gasteiger partial charge on any atom is 0.264 e. The fraction of sp³-hybridized carbons (Fsp3) is 0.615. The summed E-state index contributed by atoms with van der Waals surface area (Å²) in [6.45, 7) is 8.16. The van der Waals surface area contributed by atoms with Crippen LogP contribution in [-0.4, -0.2) is 101 Å². The Hall–Kier alpha value is -2.77. The van der Waals surface area contributed by atoms with Gasteiger partial charge in [-0.25, -0.2) is 21.9 Å². The number of ether oxygens (including phenoxy) is 2. The van der Waals surface area contributed by atoms with Crippen LogP contribution in [0, 0.1) is 17.8 Å². The molecule has 13 heteroatoms. The van der Waals surface area contributed by atoms with Gasteiger partial charge in [-0.3, -0.25) is 14.6 Å². The third-order valence-corrected chi connectivity index (χ3v) is 14.0. The second kappa shape index (κ2) is 16.7. The van der Waals surface area contributed by atoms with E-state index in [1.54, 1.807) is 32.2 Å². The third kappa shape index (κ3) is 8.94. The Balaban J connectivity index is 1.36. The van der Waals surface area contributed by atoms with Crippen LogP contribution >= 0.6 is 11.6 Å². The summed E-state index contributed by atoms with van der Waals surface area (Å²) in [5, 5.41) is -0.144. The minimum atomic E-state index is -4.00. The average Bonchev–Trinajstić information content (AvgIpc) is 3.12. The van der Waals surface area contributed by atoms with E-state index in [0.29, 0.717) is 63.1 Å². The lowest BCUT2D eigenvalue weighted by atomic mass is 9.63. The summed E-state index contributed by atoms with van der Waals surface area (Å²) in [4.78, 5) is 20.0. The maximum absolute atomic E-state index is 13.6. The fourth-order valence-corrected chi connectivity index (χ4v) is 9.79. The van der Waals surface area contributed by atoms with Crippen LogP contribution in [0.2, 0.25) is 5.02 Å². The standard InChI is InChI=1S/C39H53ClF2N4O5S/c1-27-7-6-15-39(50-3,26-45-19-17-44(18-20-45)24-37(41)42)34-13-10-31(34)23-46-16-5-4-8-29-21-33(40)12-9-32(29)25-51-36-14-11-30(22-35(36)46)38(47)43-52(48,49)28(27)2/h6,9,11-12,14-15,21-22,27-28,31,34,37H,4-5,7-8,10,13,16-20,23-26H2,1-3H3,(H,43,47)/b15-6+/t27-,28+,31-,34+,39-/m0/s1. The Kier molecular flexibility index (Phi) is 12.5. The smallest absolute Gasteiger partial charge is 0.264 e. The van der Waals surface area contributed by atoms with Gasteiger partial charge >= 0.3 is 0 Å². The molecule has 0 unspecified atom stereocenters. The summed E-state index contributed by atoms with van der Waals surface area (Å²) >= 11 is 6.38. The molecule has 2 aromatic carbocycles. The number of alkyl halides is 2. The van der Waals surface area contributed by atoms with E-state index in [0.717, 1.165) is 55.5 Å². The normalized spacial score (nSPS) is 29.8. The number of aryl methyl sites for hydroxylation is 1. The van der Waals surface area contributed by atoms with E-state index in [1.807, 2.05) is 36.1 Å². The average molecular weight is 763 g/mol. The number of carbonyl (C=O) groups is 1. The minimum Gasteiger partial charge on any atom is -0.487 e. The van der Waals surface area contributed by atoms with Gasteiger partial charge in [0.2, 0.25) is 10.0 Å². The number of halogens is 3. The van der Waals surface area contributed by atoms with Crippen LogP contribution in [-0.2, 0) is 27.8 Å². The van der Waals surface area contributed by atoms with Gasteiger partial charge in [-0.05, 0) is 105 Å². The van der Waals surface area contributed by atoms with Crippen LogP contribution in [0.3, 0.4) is 0 Å². The topological polar surface area (TPSA) is 91.4 Å². The molecule has 1 saturated heterocycles. The summed E-state index contributed by atoms with van der Waals surface area (Å²) in [7, 11) is -2.25. The van der Waals surface area contributed by atoms with Crippen LogP contribution in [0.1, 0.15) is 67.4 Å². The molecule has 0 spiro atoms. The van der Waals surface area contributed by atoms with Crippen molar-refractivity contribution in [3.05, 3.63) is 70.3 Å². The molecule has 3 aliphatic heterocycles. The van der Waals surface area contributed by atoms with E-state index in [9.17, 15) is 22.0 Å². The first-order valence-electron chi connectivity index (χ1n) is 18.7. The van der Waals surface area contributed by atoms with Gasteiger partial charge in [0.25, 0.3) is 12.3 Å². The summed E-state index contributed by atoms with van der Waals surface area (Å²) in [5.41, 5.74) is 2.57. The van der Waals surface area contributed by atoms with E-state index >= 15 is 0 Å². The zero-order valence-electron chi connectivity index (χ0n) is 30.5. The SMILES string of the molecule is CO[C@]1(CN2CCN(CC(F)F)CC2)/C=C/C[C@H](C)[C@@H](C)S(=O)(=O)NC(=O)c2ccc3c(c2)N(CCCCc2cc(Cl)ccc2CO3)C[C@@H]2CC[C@H]21. The Morgan fingerprint density at radius 3 is 2.50 bits per heavy atom. The van der Waals surface area contributed by atoms with Gasteiger partial charge in [-0.2, -0.15) is 0 Å². The monoisotopic (exact) mass is 762 g/mol. The van der Waals surface area contributed by atoms with Crippen molar-refractivity contribution >= 4 is 33.2 Å². The molecular formula is C39H53ClF2N4O5S. The molecule has 2 bridgehead atoms. The van der Waals surface area contributed by atoms with Crippen molar-refractivity contribution in [1.29, 1.82) is 0 Å². The predicted molar refractivity (Wildman–Crippen MR) is 201 cm³/mol. The Morgan fingerprint density at radius 2 is 1.79 bits per heavy atom. The van der Waals surface area contributed by atoms with E-state index in [-0.39, 0.29) is 29.9 Å². The minimum absolute atomic E-state index is 0.164. The van der Waals surface area contributed by atoms with Gasteiger partial charge in [-0.1, -0.05) is 36.7 Å². The van der Waals surface area contributed by atoms with Crippen molar-refractivity contribution in [2.45, 2.75) is 76.3 Å². The van der Waals surface area contributed by atoms with Crippen molar-refractivity contribution in [1.82, 2.24) is 14.5 Å². The molecule has 0 aromatic heterocycles. The first-order chi connectivity index (χ1) is 24.9. The van der Waals surface area contributed by atoms with E-state index in [1.165, 1.54) is 0 Å². The van der Waals surface area contributed by atoms with E-state index in [2.05, 4.69) is 20.6 Å². The van der Waals surface area contributed by atoms with Crippen molar-refractivity contribution in [3.8, 4) is 5.75 Å². The lowest BCUT2D eigenvalue weighted by molar-refractivity contribution is -0.0962. The number of hydrogen-bond donors (Lipinski definition) is 1. The molecule has 0 radical (unpaired) electrons. The molecule has 3 heterocycles. The Morgan fingerprint density at radius 1 is 1.02 bits per heavy atom. The molecule has 6 rings (SSSR count). The summed E-state index contributed by atoms with van der Waals surface area (Å²) in [6, 6.07) is 11.1. The number of amides is 1. The number of nitrogens with one attached hydrogen (secondary N) is 1. The maximum atomic E-state index is 13.6. The number of allylic oxidation sites excluding steroid dienone is 1.